The summed E-state index contributed by atoms with van der Waals surface area (Å²) in [6.45, 7) is 2.28. The Morgan fingerprint density at radius 2 is 1.79 bits per heavy atom. The largest absolute Gasteiger partial charge is 0.497 e. The summed E-state index contributed by atoms with van der Waals surface area (Å²) in [6, 6.07) is 11.1. The monoisotopic (exact) mass is 424 g/mol. The molecule has 0 fully saturated rings. The molecule has 0 spiro atoms. The maximum atomic E-state index is 12.6. The molecule has 7 nitrogen and oxygen atoms in total. The molecule has 1 heterocycles. The third-order valence-corrected chi connectivity index (χ3v) is 7.95. The molecule has 0 atom stereocenters. The van der Waals surface area contributed by atoms with Gasteiger partial charge in [-0.1, -0.05) is 6.92 Å². The van der Waals surface area contributed by atoms with Gasteiger partial charge in [-0.15, -0.1) is 0 Å². The first-order valence-electron chi connectivity index (χ1n) is 9.07. The van der Waals surface area contributed by atoms with E-state index < -0.39 is 20.0 Å². The molecule has 2 aromatic carbocycles. The van der Waals surface area contributed by atoms with Gasteiger partial charge in [-0.2, -0.15) is 0 Å². The number of fused-ring (bicyclic) bond motifs is 1. The van der Waals surface area contributed by atoms with Crippen LogP contribution >= 0.6 is 0 Å². The van der Waals surface area contributed by atoms with E-state index in [1.807, 2.05) is 6.92 Å². The first-order valence-corrected chi connectivity index (χ1v) is 12.2. The lowest BCUT2D eigenvalue weighted by molar-refractivity contribution is 0.414. The normalized spacial score (nSPS) is 14.4. The molecule has 0 aliphatic carbocycles. The van der Waals surface area contributed by atoms with Crippen molar-refractivity contribution >= 4 is 31.4 Å². The van der Waals surface area contributed by atoms with Crippen molar-refractivity contribution < 1.29 is 21.6 Å². The molecule has 1 N–H and O–H groups in total. The van der Waals surface area contributed by atoms with Crippen LogP contribution in [0.15, 0.2) is 47.4 Å². The van der Waals surface area contributed by atoms with E-state index in [9.17, 15) is 16.8 Å². The smallest absolute Gasteiger partial charge is 0.261 e. The maximum absolute atomic E-state index is 12.6. The average molecular weight is 425 g/mol. The summed E-state index contributed by atoms with van der Waals surface area (Å²) in [7, 11) is -5.60. The van der Waals surface area contributed by atoms with Gasteiger partial charge < -0.3 is 4.74 Å². The number of nitrogens with one attached hydrogen (secondary N) is 1. The number of benzene rings is 2. The Morgan fingerprint density at radius 1 is 1.07 bits per heavy atom. The molecule has 1 aliphatic heterocycles. The number of methoxy groups -OCH3 is 1. The highest BCUT2D eigenvalue weighted by Gasteiger charge is 2.27. The van der Waals surface area contributed by atoms with Crippen molar-refractivity contribution in [3.05, 3.63) is 48.0 Å². The lowest BCUT2D eigenvalue weighted by Gasteiger charge is -2.30. The number of rotatable bonds is 7. The molecule has 2 aromatic rings. The predicted octanol–water partition coefficient (Wildman–Crippen LogP) is 2.99. The molecule has 0 aromatic heterocycles. The average Bonchev–Trinajstić information content (AvgIpc) is 2.67. The third-order valence-electron chi connectivity index (χ3n) is 4.58. The molecular weight excluding hydrogens is 400 g/mol. The van der Waals surface area contributed by atoms with Gasteiger partial charge in [-0.25, -0.2) is 16.8 Å². The summed E-state index contributed by atoms with van der Waals surface area (Å²) in [5, 5.41) is 0. The van der Waals surface area contributed by atoms with Crippen molar-refractivity contribution in [3.63, 3.8) is 0 Å². The second-order valence-corrected chi connectivity index (χ2v) is 10.3. The summed E-state index contributed by atoms with van der Waals surface area (Å²) >= 11 is 0. The van der Waals surface area contributed by atoms with Gasteiger partial charge >= 0.3 is 0 Å². The molecule has 28 heavy (non-hydrogen) atoms. The Labute approximate surface area is 166 Å². The number of sulfonamides is 2. The molecule has 0 unspecified atom stereocenters. The van der Waals surface area contributed by atoms with Gasteiger partial charge in [-0.3, -0.25) is 9.03 Å². The first kappa shape index (κ1) is 20.5. The van der Waals surface area contributed by atoms with Crippen LogP contribution in [0, 0.1) is 0 Å². The summed E-state index contributed by atoms with van der Waals surface area (Å²) in [4.78, 5) is 0.123. The van der Waals surface area contributed by atoms with Crippen molar-refractivity contribution in [1.82, 2.24) is 0 Å². The van der Waals surface area contributed by atoms with Gasteiger partial charge in [0.1, 0.15) is 5.75 Å². The maximum Gasteiger partial charge on any atom is 0.261 e. The Bertz CT molecular complexity index is 1050. The van der Waals surface area contributed by atoms with Crippen LogP contribution in [0.4, 0.5) is 11.4 Å². The molecule has 0 radical (unpaired) electrons. The number of hydrogen-bond donors (Lipinski definition) is 1. The van der Waals surface area contributed by atoms with E-state index >= 15 is 0 Å². The summed E-state index contributed by atoms with van der Waals surface area (Å²) < 4.78 is 59.3. The van der Waals surface area contributed by atoms with Gasteiger partial charge in [0, 0.05) is 12.2 Å². The van der Waals surface area contributed by atoms with Crippen molar-refractivity contribution in [2.45, 2.75) is 31.1 Å². The van der Waals surface area contributed by atoms with E-state index in [1.54, 1.807) is 30.3 Å². The van der Waals surface area contributed by atoms with Gasteiger partial charge in [0.15, 0.2) is 0 Å². The van der Waals surface area contributed by atoms with Gasteiger partial charge in [0.05, 0.1) is 23.4 Å². The Kier molecular flexibility index (Phi) is 5.85. The highest BCUT2D eigenvalue weighted by Crippen LogP contribution is 2.32. The second kappa shape index (κ2) is 8.00. The van der Waals surface area contributed by atoms with Crippen molar-refractivity contribution in [2.24, 2.45) is 0 Å². The summed E-state index contributed by atoms with van der Waals surface area (Å²) in [6.07, 6.45) is 1.95. The Balaban J connectivity index is 1.87. The van der Waals surface area contributed by atoms with Crippen molar-refractivity contribution in [2.75, 3.05) is 28.4 Å². The van der Waals surface area contributed by atoms with E-state index in [0.717, 1.165) is 5.56 Å². The molecule has 0 saturated carbocycles. The number of nitrogens with zero attached hydrogens (tertiary/aromatic N) is 1. The van der Waals surface area contributed by atoms with E-state index in [2.05, 4.69) is 4.72 Å². The van der Waals surface area contributed by atoms with Crippen LogP contribution in [0.2, 0.25) is 0 Å². The fraction of sp³-hybridized carbons (Fsp3) is 0.368. The SMILES string of the molecule is CCCS(=O)(=O)N1CCCc2cc(NS(=O)(=O)c3ccc(OC)cc3)ccc21. The quantitative estimate of drug-likeness (QED) is 0.738. The zero-order valence-corrected chi connectivity index (χ0v) is 17.5. The Morgan fingerprint density at radius 3 is 2.43 bits per heavy atom. The first-order chi connectivity index (χ1) is 13.3. The van der Waals surface area contributed by atoms with E-state index in [0.29, 0.717) is 42.9 Å². The molecule has 3 rings (SSSR count). The minimum Gasteiger partial charge on any atom is -0.497 e. The van der Waals surface area contributed by atoms with Crippen LogP contribution in [0.5, 0.6) is 5.75 Å². The van der Waals surface area contributed by atoms with E-state index in [-0.39, 0.29) is 10.6 Å². The number of aryl methyl sites for hydroxylation is 1. The molecular formula is C19H24N2O5S2. The molecule has 9 heteroatoms. The standard InChI is InChI=1S/C19H24N2O5S2/c1-3-13-27(22,23)21-12-4-5-15-14-16(6-11-19(15)21)20-28(24,25)18-9-7-17(26-2)8-10-18/h6-11,14,20H,3-5,12-13H2,1-2H3. The summed E-state index contributed by atoms with van der Waals surface area (Å²) in [5.41, 5.74) is 1.86. The molecule has 0 saturated heterocycles. The molecule has 1 aliphatic rings. The van der Waals surface area contributed by atoms with E-state index in [1.165, 1.54) is 23.5 Å². The van der Waals surface area contributed by atoms with Crippen LogP contribution in [-0.2, 0) is 26.5 Å². The predicted molar refractivity (Wildman–Crippen MR) is 110 cm³/mol. The van der Waals surface area contributed by atoms with Crippen LogP contribution in [-0.4, -0.2) is 36.2 Å². The van der Waals surface area contributed by atoms with Crippen LogP contribution < -0.4 is 13.8 Å². The number of ether oxygens (including phenoxy) is 1. The van der Waals surface area contributed by atoms with Gasteiger partial charge in [0.2, 0.25) is 10.0 Å². The highest BCUT2D eigenvalue weighted by molar-refractivity contribution is 7.93. The number of hydrogen-bond acceptors (Lipinski definition) is 5. The molecule has 152 valence electrons. The number of anilines is 2. The lowest BCUT2D eigenvalue weighted by Crippen LogP contribution is -2.37. The summed E-state index contributed by atoms with van der Waals surface area (Å²) in [5.74, 6) is 0.666. The van der Waals surface area contributed by atoms with Crippen molar-refractivity contribution in [1.29, 1.82) is 0 Å². The van der Waals surface area contributed by atoms with Gasteiger partial charge in [0.25, 0.3) is 10.0 Å². The van der Waals surface area contributed by atoms with Crippen LogP contribution in [0.1, 0.15) is 25.3 Å². The third kappa shape index (κ3) is 4.25. The van der Waals surface area contributed by atoms with Gasteiger partial charge in [-0.05, 0) is 67.3 Å². The Hall–Kier alpha value is -2.26. The fourth-order valence-corrected chi connectivity index (χ4v) is 5.92. The van der Waals surface area contributed by atoms with Crippen LogP contribution in [0.3, 0.4) is 0 Å². The van der Waals surface area contributed by atoms with E-state index in [4.69, 9.17) is 4.74 Å². The van der Waals surface area contributed by atoms with Crippen molar-refractivity contribution in [3.8, 4) is 5.75 Å². The topological polar surface area (TPSA) is 92.8 Å². The zero-order chi connectivity index (χ0) is 20.4. The molecule has 0 amide bonds. The lowest BCUT2D eigenvalue weighted by atomic mass is 10.0. The second-order valence-electron chi connectivity index (χ2n) is 6.62. The fourth-order valence-electron chi connectivity index (χ4n) is 3.25. The minimum absolute atomic E-state index is 0.0955. The minimum atomic E-state index is -3.75. The zero-order valence-electron chi connectivity index (χ0n) is 15.9. The highest BCUT2D eigenvalue weighted by atomic mass is 32.2. The molecule has 0 bridgehead atoms. The van der Waals surface area contributed by atoms with Crippen LogP contribution in [0.25, 0.3) is 0 Å².